The van der Waals surface area contributed by atoms with E-state index >= 15 is 0 Å². The molecule has 0 saturated heterocycles. The van der Waals surface area contributed by atoms with Crippen molar-refractivity contribution >= 4 is 21.8 Å². The number of para-hydroxylation sites is 1. The molecule has 0 unspecified atom stereocenters. The van der Waals surface area contributed by atoms with Crippen molar-refractivity contribution in [2.24, 2.45) is 0 Å². The number of nitrogens with zero attached hydrogens (tertiary/aromatic N) is 1. The van der Waals surface area contributed by atoms with Crippen molar-refractivity contribution < 1.29 is 17.4 Å². The number of carbonyl (C=O) groups excluding carboxylic acids is 1. The first-order valence-electron chi connectivity index (χ1n) is 8.83. The molecule has 2 aromatic rings. The molecule has 2 rings (SSSR count). The summed E-state index contributed by atoms with van der Waals surface area (Å²) in [6.45, 7) is 6.24. The average molecular weight is 391 g/mol. The fraction of sp³-hybridized carbons (Fsp3) is 0.350. The molecule has 0 spiro atoms. The Morgan fingerprint density at radius 2 is 1.85 bits per heavy atom. The Morgan fingerprint density at radius 1 is 1.15 bits per heavy atom. The zero-order valence-corrected chi connectivity index (χ0v) is 16.9. The summed E-state index contributed by atoms with van der Waals surface area (Å²) in [5, 5.41) is 2.98. The smallest absolute Gasteiger partial charge is 0.322 e. The summed E-state index contributed by atoms with van der Waals surface area (Å²) in [5.74, 6) is 0.232. The predicted octanol–water partition coefficient (Wildman–Crippen LogP) is 4.03. The van der Waals surface area contributed by atoms with E-state index in [-0.39, 0.29) is 17.8 Å². The Kier molecular flexibility index (Phi) is 6.85. The van der Waals surface area contributed by atoms with E-state index in [1.54, 1.807) is 23.1 Å². The summed E-state index contributed by atoms with van der Waals surface area (Å²) in [5.41, 5.74) is 2.65. The third-order valence-corrected chi connectivity index (χ3v) is 4.52. The van der Waals surface area contributed by atoms with E-state index in [4.69, 9.17) is 4.18 Å². The number of benzene rings is 2. The quantitative estimate of drug-likeness (QED) is 0.724. The zero-order chi connectivity index (χ0) is 20.0. The van der Waals surface area contributed by atoms with E-state index in [0.717, 1.165) is 29.5 Å². The number of aryl methyl sites for hydroxylation is 1. The van der Waals surface area contributed by atoms with Gasteiger partial charge in [0.15, 0.2) is 0 Å². The van der Waals surface area contributed by atoms with Crippen molar-refractivity contribution in [3.8, 4) is 5.75 Å². The van der Waals surface area contributed by atoms with Crippen LogP contribution in [0.4, 0.5) is 10.5 Å². The second kappa shape index (κ2) is 8.90. The molecule has 2 aromatic carbocycles. The lowest BCUT2D eigenvalue weighted by atomic mass is 10.1. The first-order chi connectivity index (χ1) is 12.7. The number of hydrogen-bond acceptors (Lipinski definition) is 4. The topological polar surface area (TPSA) is 75.7 Å². The van der Waals surface area contributed by atoms with Crippen LogP contribution in [-0.2, 0) is 23.1 Å². The molecular weight excluding hydrogens is 364 g/mol. The van der Waals surface area contributed by atoms with Crippen LogP contribution in [0, 0.1) is 0 Å². The van der Waals surface area contributed by atoms with Crippen LogP contribution < -0.4 is 9.50 Å². The predicted molar refractivity (Wildman–Crippen MR) is 107 cm³/mol. The van der Waals surface area contributed by atoms with Crippen molar-refractivity contribution in [1.82, 2.24) is 4.90 Å². The van der Waals surface area contributed by atoms with Gasteiger partial charge >= 0.3 is 16.1 Å². The Hall–Kier alpha value is -2.54. The van der Waals surface area contributed by atoms with Crippen molar-refractivity contribution in [2.75, 3.05) is 11.6 Å². The van der Waals surface area contributed by atoms with Crippen LogP contribution in [0.25, 0.3) is 0 Å². The highest BCUT2D eigenvalue weighted by Gasteiger charge is 2.19. The summed E-state index contributed by atoms with van der Waals surface area (Å²) >= 11 is 0. The molecule has 0 aliphatic carbocycles. The molecule has 27 heavy (non-hydrogen) atoms. The third kappa shape index (κ3) is 6.29. The molecular formula is C20H26N2O4S. The first-order valence-corrected chi connectivity index (χ1v) is 10.6. The number of urea groups is 1. The normalized spacial score (nSPS) is 11.3. The molecule has 0 aromatic heterocycles. The molecule has 0 saturated carbocycles. The molecule has 0 fully saturated rings. The molecule has 2 amide bonds. The van der Waals surface area contributed by atoms with E-state index in [9.17, 15) is 13.2 Å². The van der Waals surface area contributed by atoms with Crippen LogP contribution in [0.1, 0.15) is 31.9 Å². The lowest BCUT2D eigenvalue weighted by Crippen LogP contribution is -2.39. The summed E-state index contributed by atoms with van der Waals surface area (Å²) in [7, 11) is -3.60. The number of hydrogen-bond donors (Lipinski definition) is 1. The molecule has 1 N–H and O–H groups in total. The Labute approximate surface area is 161 Å². The number of rotatable bonds is 7. The summed E-state index contributed by atoms with van der Waals surface area (Å²) < 4.78 is 27.6. The van der Waals surface area contributed by atoms with Gasteiger partial charge in [0.25, 0.3) is 0 Å². The minimum absolute atomic E-state index is 0.0433. The van der Waals surface area contributed by atoms with Gasteiger partial charge in [0.05, 0.1) is 6.26 Å². The van der Waals surface area contributed by atoms with Crippen LogP contribution in [0.15, 0.2) is 48.5 Å². The average Bonchev–Trinajstić information content (AvgIpc) is 2.58. The molecule has 0 heterocycles. The second-order valence-corrected chi connectivity index (χ2v) is 8.17. The largest absolute Gasteiger partial charge is 0.383 e. The molecule has 146 valence electrons. The third-order valence-electron chi connectivity index (χ3n) is 4.02. The molecule has 0 aliphatic rings. The number of amides is 2. The van der Waals surface area contributed by atoms with Gasteiger partial charge < -0.3 is 14.4 Å². The summed E-state index contributed by atoms with van der Waals surface area (Å²) in [6.07, 6.45) is 1.82. The Morgan fingerprint density at radius 3 is 2.48 bits per heavy atom. The molecule has 6 nitrogen and oxygen atoms in total. The maximum Gasteiger partial charge on any atom is 0.322 e. The highest BCUT2D eigenvalue weighted by molar-refractivity contribution is 7.86. The highest BCUT2D eigenvalue weighted by Crippen LogP contribution is 2.20. The van der Waals surface area contributed by atoms with E-state index in [0.29, 0.717) is 6.54 Å². The second-order valence-electron chi connectivity index (χ2n) is 6.60. The van der Waals surface area contributed by atoms with Gasteiger partial charge in [-0.25, -0.2) is 4.79 Å². The summed E-state index contributed by atoms with van der Waals surface area (Å²) in [6, 6.07) is 14.2. The minimum Gasteiger partial charge on any atom is -0.383 e. The van der Waals surface area contributed by atoms with E-state index in [1.165, 1.54) is 0 Å². The van der Waals surface area contributed by atoms with E-state index in [1.807, 2.05) is 51.1 Å². The highest BCUT2D eigenvalue weighted by atomic mass is 32.2. The SMILES string of the molecule is CCc1ccccc1NC(=O)N(Cc1cccc(OS(C)(=O)=O)c1)C(C)C. The molecule has 0 aliphatic heterocycles. The molecule has 7 heteroatoms. The van der Waals surface area contributed by atoms with Gasteiger partial charge in [0.2, 0.25) is 0 Å². The summed E-state index contributed by atoms with van der Waals surface area (Å²) in [4.78, 5) is 14.5. The van der Waals surface area contributed by atoms with Gasteiger partial charge in [0.1, 0.15) is 5.75 Å². The van der Waals surface area contributed by atoms with Gasteiger partial charge in [-0.15, -0.1) is 0 Å². The van der Waals surface area contributed by atoms with Gasteiger partial charge in [-0.1, -0.05) is 37.3 Å². The van der Waals surface area contributed by atoms with Gasteiger partial charge in [-0.05, 0) is 49.6 Å². The van der Waals surface area contributed by atoms with Crippen LogP contribution in [0.2, 0.25) is 0 Å². The standard InChI is InChI=1S/C20H26N2O4S/c1-5-17-10-6-7-12-19(17)21-20(23)22(15(2)3)14-16-9-8-11-18(13-16)26-27(4,24)25/h6-13,15H,5,14H2,1-4H3,(H,21,23). The molecule has 0 bridgehead atoms. The minimum atomic E-state index is -3.60. The number of carbonyl (C=O) groups is 1. The van der Waals surface area contributed by atoms with E-state index < -0.39 is 10.1 Å². The number of nitrogens with one attached hydrogen (secondary N) is 1. The van der Waals surface area contributed by atoms with Crippen LogP contribution in [0.5, 0.6) is 5.75 Å². The van der Waals surface area contributed by atoms with Crippen LogP contribution in [0.3, 0.4) is 0 Å². The lowest BCUT2D eigenvalue weighted by Gasteiger charge is -2.27. The maximum absolute atomic E-state index is 12.8. The van der Waals surface area contributed by atoms with Crippen molar-refractivity contribution in [3.05, 3.63) is 59.7 Å². The first kappa shape index (κ1) is 20.8. The zero-order valence-electron chi connectivity index (χ0n) is 16.1. The van der Waals surface area contributed by atoms with Crippen LogP contribution >= 0.6 is 0 Å². The number of anilines is 1. The van der Waals surface area contributed by atoms with Crippen LogP contribution in [-0.4, -0.2) is 31.6 Å². The fourth-order valence-corrected chi connectivity index (χ4v) is 3.15. The van der Waals surface area contributed by atoms with Gasteiger partial charge in [-0.2, -0.15) is 8.42 Å². The monoisotopic (exact) mass is 390 g/mol. The fourth-order valence-electron chi connectivity index (χ4n) is 2.69. The van der Waals surface area contributed by atoms with Crippen molar-refractivity contribution in [1.29, 1.82) is 0 Å². The van der Waals surface area contributed by atoms with Gasteiger partial charge in [0, 0.05) is 18.3 Å². The van der Waals surface area contributed by atoms with Crippen molar-refractivity contribution in [3.63, 3.8) is 0 Å². The lowest BCUT2D eigenvalue weighted by molar-refractivity contribution is 0.193. The molecule has 0 radical (unpaired) electrons. The Balaban J connectivity index is 2.18. The van der Waals surface area contributed by atoms with Crippen molar-refractivity contribution in [2.45, 2.75) is 39.8 Å². The Bertz CT molecular complexity index is 894. The van der Waals surface area contributed by atoms with Gasteiger partial charge in [-0.3, -0.25) is 0 Å². The van der Waals surface area contributed by atoms with E-state index in [2.05, 4.69) is 5.32 Å². The molecule has 0 atom stereocenters. The maximum atomic E-state index is 12.8.